The Labute approximate surface area is 177 Å². The number of furan rings is 1. The second-order valence-electron chi connectivity index (χ2n) is 6.67. The molecule has 0 amide bonds. The number of hydrogen-bond donors (Lipinski definition) is 0. The highest BCUT2D eigenvalue weighted by molar-refractivity contribution is 7.99. The zero-order valence-corrected chi connectivity index (χ0v) is 17.2. The highest BCUT2D eigenvalue weighted by Crippen LogP contribution is 2.21. The van der Waals surface area contributed by atoms with Crippen LogP contribution >= 0.6 is 11.8 Å². The van der Waals surface area contributed by atoms with Gasteiger partial charge in [-0.1, -0.05) is 42.1 Å². The van der Waals surface area contributed by atoms with Crippen LogP contribution in [-0.2, 0) is 17.7 Å². The van der Waals surface area contributed by atoms with Gasteiger partial charge in [0.25, 0.3) is 5.56 Å². The summed E-state index contributed by atoms with van der Waals surface area (Å²) in [4.78, 5) is 29.8. The van der Waals surface area contributed by atoms with E-state index in [1.165, 1.54) is 24.4 Å². The number of carbonyl (C=O) groups is 1. The molecule has 4 aromatic rings. The third kappa shape index (κ3) is 4.31. The van der Waals surface area contributed by atoms with E-state index in [1.807, 2.05) is 24.3 Å². The van der Waals surface area contributed by atoms with Crippen molar-refractivity contribution in [2.24, 2.45) is 0 Å². The molecule has 2 heterocycles. The number of aryl methyl sites for hydroxylation is 1. The van der Waals surface area contributed by atoms with Gasteiger partial charge in [-0.15, -0.1) is 0 Å². The third-order valence-electron chi connectivity index (χ3n) is 4.70. The molecule has 0 unspecified atom stereocenters. The second kappa shape index (κ2) is 9.00. The average Bonchev–Trinajstić information content (AvgIpc) is 3.29. The first kappa shape index (κ1) is 20.0. The monoisotopic (exact) mass is 420 g/mol. The standard InChI is InChI=1S/C23H20N2O4S/c1-28-22(27)17-9-10-19-20(14-17)24-23(30-13-11-16-6-3-2-4-7-16)25(21(19)26)15-18-8-5-12-29-18/h2-10,12,14H,11,13,15H2,1H3. The topological polar surface area (TPSA) is 74.3 Å². The summed E-state index contributed by atoms with van der Waals surface area (Å²) in [6, 6.07) is 18.6. The Morgan fingerprint density at radius 3 is 2.70 bits per heavy atom. The zero-order valence-electron chi connectivity index (χ0n) is 16.4. The van der Waals surface area contributed by atoms with E-state index in [2.05, 4.69) is 12.1 Å². The van der Waals surface area contributed by atoms with E-state index in [1.54, 1.807) is 35.1 Å². The molecular weight excluding hydrogens is 400 g/mol. The number of aromatic nitrogens is 2. The summed E-state index contributed by atoms with van der Waals surface area (Å²) in [5.41, 5.74) is 1.88. The Kier molecular flexibility index (Phi) is 5.99. The largest absolute Gasteiger partial charge is 0.467 e. The Balaban J connectivity index is 1.71. The molecule has 0 N–H and O–H groups in total. The Bertz CT molecular complexity index is 1220. The summed E-state index contributed by atoms with van der Waals surface area (Å²) in [6.45, 7) is 0.293. The van der Waals surface area contributed by atoms with Crippen molar-refractivity contribution in [2.75, 3.05) is 12.9 Å². The van der Waals surface area contributed by atoms with Crippen LogP contribution in [0.25, 0.3) is 10.9 Å². The fourth-order valence-electron chi connectivity index (χ4n) is 3.16. The summed E-state index contributed by atoms with van der Waals surface area (Å²) >= 11 is 1.51. The maximum absolute atomic E-state index is 13.2. The van der Waals surface area contributed by atoms with Crippen molar-refractivity contribution < 1.29 is 13.9 Å². The predicted molar refractivity (Wildman–Crippen MR) is 116 cm³/mol. The lowest BCUT2D eigenvalue weighted by Crippen LogP contribution is -2.24. The van der Waals surface area contributed by atoms with Gasteiger partial charge in [-0.05, 0) is 42.3 Å². The molecule has 2 aromatic carbocycles. The highest BCUT2D eigenvalue weighted by atomic mass is 32.2. The molecule has 0 aliphatic rings. The summed E-state index contributed by atoms with van der Waals surface area (Å²) in [5, 5.41) is 1.03. The molecular formula is C23H20N2O4S. The summed E-state index contributed by atoms with van der Waals surface area (Å²) in [6.07, 6.45) is 2.43. The van der Waals surface area contributed by atoms with E-state index < -0.39 is 5.97 Å². The van der Waals surface area contributed by atoms with Crippen molar-refractivity contribution in [3.8, 4) is 0 Å². The predicted octanol–water partition coefficient (Wildman–Crippen LogP) is 4.16. The Morgan fingerprint density at radius 2 is 1.97 bits per heavy atom. The number of benzene rings is 2. The van der Waals surface area contributed by atoms with Gasteiger partial charge in [0.05, 0.1) is 36.4 Å². The number of fused-ring (bicyclic) bond motifs is 1. The van der Waals surface area contributed by atoms with Crippen LogP contribution in [0.1, 0.15) is 21.7 Å². The highest BCUT2D eigenvalue weighted by Gasteiger charge is 2.15. The number of ether oxygens (including phenoxy) is 1. The molecule has 30 heavy (non-hydrogen) atoms. The molecule has 0 saturated heterocycles. The van der Waals surface area contributed by atoms with E-state index >= 15 is 0 Å². The number of hydrogen-bond acceptors (Lipinski definition) is 6. The van der Waals surface area contributed by atoms with E-state index in [0.717, 1.165) is 12.2 Å². The average molecular weight is 420 g/mol. The molecule has 7 heteroatoms. The minimum atomic E-state index is -0.461. The van der Waals surface area contributed by atoms with Gasteiger partial charge < -0.3 is 9.15 Å². The lowest BCUT2D eigenvalue weighted by molar-refractivity contribution is 0.0601. The SMILES string of the molecule is COC(=O)c1ccc2c(=O)n(Cc3ccco3)c(SCCc3ccccc3)nc2c1. The maximum atomic E-state index is 13.2. The van der Waals surface area contributed by atoms with Crippen molar-refractivity contribution in [3.63, 3.8) is 0 Å². The van der Waals surface area contributed by atoms with Crippen LogP contribution in [0, 0.1) is 0 Å². The van der Waals surface area contributed by atoms with Gasteiger partial charge in [-0.25, -0.2) is 9.78 Å². The molecule has 0 radical (unpaired) electrons. The smallest absolute Gasteiger partial charge is 0.337 e. The van der Waals surface area contributed by atoms with Crippen LogP contribution in [-0.4, -0.2) is 28.4 Å². The Morgan fingerprint density at radius 1 is 1.13 bits per heavy atom. The second-order valence-corrected chi connectivity index (χ2v) is 7.73. The molecule has 0 saturated carbocycles. The number of esters is 1. The van der Waals surface area contributed by atoms with Crippen LogP contribution in [0.5, 0.6) is 0 Å². The summed E-state index contributed by atoms with van der Waals surface area (Å²) < 4.78 is 11.8. The molecule has 6 nitrogen and oxygen atoms in total. The quantitative estimate of drug-likeness (QED) is 0.254. The van der Waals surface area contributed by atoms with Crippen LogP contribution < -0.4 is 5.56 Å². The van der Waals surface area contributed by atoms with Crippen molar-refractivity contribution in [1.29, 1.82) is 0 Å². The van der Waals surface area contributed by atoms with Gasteiger partial charge in [-0.3, -0.25) is 9.36 Å². The van der Waals surface area contributed by atoms with E-state index in [9.17, 15) is 9.59 Å². The van der Waals surface area contributed by atoms with E-state index in [-0.39, 0.29) is 5.56 Å². The van der Waals surface area contributed by atoms with Crippen LogP contribution in [0.15, 0.2) is 81.3 Å². The van der Waals surface area contributed by atoms with E-state index in [4.69, 9.17) is 14.1 Å². The van der Waals surface area contributed by atoms with Gasteiger partial charge in [0.15, 0.2) is 5.16 Å². The molecule has 152 valence electrons. The van der Waals surface area contributed by atoms with Gasteiger partial charge in [-0.2, -0.15) is 0 Å². The van der Waals surface area contributed by atoms with E-state index in [0.29, 0.717) is 33.9 Å². The maximum Gasteiger partial charge on any atom is 0.337 e. The van der Waals surface area contributed by atoms with Crippen molar-refractivity contribution >= 4 is 28.6 Å². The molecule has 0 spiro atoms. The number of methoxy groups -OCH3 is 1. The minimum absolute atomic E-state index is 0.171. The molecule has 4 rings (SSSR count). The normalized spacial score (nSPS) is 11.0. The molecule has 2 aromatic heterocycles. The van der Waals surface area contributed by atoms with Crippen molar-refractivity contribution in [1.82, 2.24) is 9.55 Å². The van der Waals surface area contributed by atoms with Crippen LogP contribution in [0.4, 0.5) is 0 Å². The molecule has 0 aliphatic heterocycles. The van der Waals surface area contributed by atoms with Crippen LogP contribution in [0.3, 0.4) is 0 Å². The first-order valence-electron chi connectivity index (χ1n) is 9.48. The van der Waals surface area contributed by atoms with Crippen molar-refractivity contribution in [2.45, 2.75) is 18.1 Å². The number of thioether (sulfide) groups is 1. The van der Waals surface area contributed by atoms with Gasteiger partial charge in [0.1, 0.15) is 5.76 Å². The summed E-state index contributed by atoms with van der Waals surface area (Å²) in [5.74, 6) is 0.975. The minimum Gasteiger partial charge on any atom is -0.467 e. The van der Waals surface area contributed by atoms with Gasteiger partial charge in [0.2, 0.25) is 0 Å². The molecule has 0 aliphatic carbocycles. The lowest BCUT2D eigenvalue weighted by Gasteiger charge is -2.12. The fourth-order valence-corrected chi connectivity index (χ4v) is 4.14. The Hall–Kier alpha value is -3.32. The first-order valence-corrected chi connectivity index (χ1v) is 10.5. The zero-order chi connectivity index (χ0) is 20.9. The molecule has 0 fully saturated rings. The first-order chi connectivity index (χ1) is 14.7. The van der Waals surface area contributed by atoms with Crippen molar-refractivity contribution in [3.05, 3.63) is 94.2 Å². The lowest BCUT2D eigenvalue weighted by atomic mass is 10.1. The summed E-state index contributed by atoms with van der Waals surface area (Å²) in [7, 11) is 1.33. The van der Waals surface area contributed by atoms with Gasteiger partial charge >= 0.3 is 5.97 Å². The number of nitrogens with zero attached hydrogens (tertiary/aromatic N) is 2. The fraction of sp³-hybridized carbons (Fsp3) is 0.174. The number of rotatable bonds is 7. The molecule has 0 bridgehead atoms. The number of carbonyl (C=O) groups excluding carboxylic acids is 1. The third-order valence-corrected chi connectivity index (χ3v) is 5.68. The molecule has 0 atom stereocenters. The van der Waals surface area contributed by atoms with Crippen LogP contribution in [0.2, 0.25) is 0 Å². The van der Waals surface area contributed by atoms with Gasteiger partial charge in [0, 0.05) is 5.75 Å².